The smallest absolute Gasteiger partial charge is 0.379 e. The van der Waals surface area contributed by atoms with Crippen molar-refractivity contribution >= 4 is 5.91 Å². The van der Waals surface area contributed by atoms with Gasteiger partial charge in [-0.3, -0.25) is 4.79 Å². The molecular formula is C10H19F3N2O2. The standard InChI is InChI=1S/C10H19F3N2O2/c1-7(2)6-17-5-4-15-8(16)9(3,14)10(11,12)13/h7H,4-6,14H2,1-3H3,(H,15,16). The molecule has 0 aromatic heterocycles. The number of carbonyl (C=O) groups excluding carboxylic acids is 1. The van der Waals surface area contributed by atoms with E-state index in [-0.39, 0.29) is 13.2 Å². The van der Waals surface area contributed by atoms with Gasteiger partial charge in [0, 0.05) is 13.2 Å². The summed E-state index contributed by atoms with van der Waals surface area (Å²) in [5, 5.41) is 2.09. The summed E-state index contributed by atoms with van der Waals surface area (Å²) in [6, 6.07) is 0. The van der Waals surface area contributed by atoms with E-state index in [1.807, 2.05) is 13.8 Å². The third-order valence-corrected chi connectivity index (χ3v) is 2.04. The van der Waals surface area contributed by atoms with Gasteiger partial charge < -0.3 is 15.8 Å². The van der Waals surface area contributed by atoms with Gasteiger partial charge in [-0.15, -0.1) is 0 Å². The summed E-state index contributed by atoms with van der Waals surface area (Å²) >= 11 is 0. The van der Waals surface area contributed by atoms with Gasteiger partial charge in [-0.2, -0.15) is 13.2 Å². The lowest BCUT2D eigenvalue weighted by molar-refractivity contribution is -0.187. The SMILES string of the molecule is CC(C)COCCNC(=O)C(C)(N)C(F)(F)F. The lowest BCUT2D eigenvalue weighted by Crippen LogP contribution is -2.61. The topological polar surface area (TPSA) is 64.3 Å². The number of amides is 1. The van der Waals surface area contributed by atoms with Crippen molar-refractivity contribution in [2.24, 2.45) is 11.7 Å². The Labute approximate surface area is 98.7 Å². The second kappa shape index (κ2) is 6.20. The average Bonchev–Trinajstić information content (AvgIpc) is 2.14. The fraction of sp³-hybridized carbons (Fsp3) is 0.900. The summed E-state index contributed by atoms with van der Waals surface area (Å²) in [5.74, 6) is -0.918. The van der Waals surface area contributed by atoms with E-state index >= 15 is 0 Å². The van der Waals surface area contributed by atoms with Crippen LogP contribution in [-0.2, 0) is 9.53 Å². The van der Waals surface area contributed by atoms with E-state index in [1.54, 1.807) is 0 Å². The van der Waals surface area contributed by atoms with Crippen LogP contribution < -0.4 is 11.1 Å². The predicted octanol–water partition coefficient (Wildman–Crippen LogP) is 1.05. The van der Waals surface area contributed by atoms with Crippen LogP contribution >= 0.6 is 0 Å². The lowest BCUT2D eigenvalue weighted by Gasteiger charge is -2.26. The van der Waals surface area contributed by atoms with Crippen LogP contribution in [0.15, 0.2) is 0 Å². The van der Waals surface area contributed by atoms with Crippen LogP contribution in [0, 0.1) is 5.92 Å². The van der Waals surface area contributed by atoms with Crippen LogP contribution in [0.1, 0.15) is 20.8 Å². The summed E-state index contributed by atoms with van der Waals surface area (Å²) in [6.45, 7) is 5.19. The molecule has 102 valence electrons. The summed E-state index contributed by atoms with van der Waals surface area (Å²) in [6.07, 6.45) is -4.77. The van der Waals surface area contributed by atoms with Crippen LogP contribution in [-0.4, -0.2) is 37.4 Å². The van der Waals surface area contributed by atoms with Crippen molar-refractivity contribution in [2.45, 2.75) is 32.5 Å². The first-order valence-electron chi connectivity index (χ1n) is 5.30. The molecular weight excluding hydrogens is 237 g/mol. The molecule has 3 N–H and O–H groups in total. The molecule has 0 fully saturated rings. The summed E-state index contributed by atoms with van der Waals surface area (Å²) in [4.78, 5) is 11.2. The Kier molecular flexibility index (Phi) is 5.91. The first-order valence-corrected chi connectivity index (χ1v) is 5.30. The Morgan fingerprint density at radius 2 is 1.94 bits per heavy atom. The number of halogens is 3. The number of nitrogens with one attached hydrogen (secondary N) is 1. The quantitative estimate of drug-likeness (QED) is 0.698. The molecule has 1 amide bonds. The molecule has 0 aliphatic carbocycles. The van der Waals surface area contributed by atoms with Crippen molar-refractivity contribution in [3.63, 3.8) is 0 Å². The largest absolute Gasteiger partial charge is 0.415 e. The average molecular weight is 256 g/mol. The first-order chi connectivity index (χ1) is 7.59. The Morgan fingerprint density at radius 1 is 1.41 bits per heavy atom. The molecule has 0 bridgehead atoms. The highest BCUT2D eigenvalue weighted by atomic mass is 19.4. The van der Waals surface area contributed by atoms with Crippen LogP contribution in [0.3, 0.4) is 0 Å². The summed E-state index contributed by atoms with van der Waals surface area (Å²) in [5.41, 5.74) is 2.05. The molecule has 7 heteroatoms. The third kappa shape index (κ3) is 5.36. The third-order valence-electron chi connectivity index (χ3n) is 2.04. The second-order valence-electron chi connectivity index (χ2n) is 4.42. The fourth-order valence-electron chi connectivity index (χ4n) is 0.868. The van der Waals surface area contributed by atoms with Crippen molar-refractivity contribution in [1.29, 1.82) is 0 Å². The molecule has 4 nitrogen and oxygen atoms in total. The number of ether oxygens (including phenoxy) is 1. The zero-order chi connectivity index (χ0) is 13.7. The number of rotatable bonds is 6. The number of alkyl halides is 3. The highest BCUT2D eigenvalue weighted by Gasteiger charge is 2.53. The number of hydrogen-bond acceptors (Lipinski definition) is 3. The lowest BCUT2D eigenvalue weighted by atomic mass is 10.0. The maximum atomic E-state index is 12.3. The molecule has 0 saturated heterocycles. The van der Waals surface area contributed by atoms with E-state index in [2.05, 4.69) is 5.32 Å². The van der Waals surface area contributed by atoms with Gasteiger partial charge in [-0.1, -0.05) is 13.8 Å². The van der Waals surface area contributed by atoms with Gasteiger partial charge in [0.05, 0.1) is 6.61 Å². The molecule has 0 aliphatic heterocycles. The molecule has 0 spiro atoms. The Balaban J connectivity index is 3.95. The van der Waals surface area contributed by atoms with Crippen LogP contribution in [0.25, 0.3) is 0 Å². The molecule has 17 heavy (non-hydrogen) atoms. The molecule has 1 atom stereocenters. The van der Waals surface area contributed by atoms with Crippen molar-refractivity contribution in [2.75, 3.05) is 19.8 Å². The minimum atomic E-state index is -4.77. The van der Waals surface area contributed by atoms with Gasteiger partial charge in [-0.25, -0.2) is 0 Å². The van der Waals surface area contributed by atoms with Crippen LogP contribution in [0.2, 0.25) is 0 Å². The fourth-order valence-corrected chi connectivity index (χ4v) is 0.868. The molecule has 1 unspecified atom stereocenters. The van der Waals surface area contributed by atoms with Gasteiger partial charge >= 0.3 is 6.18 Å². The van der Waals surface area contributed by atoms with Crippen molar-refractivity contribution in [1.82, 2.24) is 5.32 Å². The first kappa shape index (κ1) is 16.2. The zero-order valence-corrected chi connectivity index (χ0v) is 10.2. The number of hydrogen-bond donors (Lipinski definition) is 2. The Morgan fingerprint density at radius 3 is 2.35 bits per heavy atom. The maximum absolute atomic E-state index is 12.3. The Hall–Kier alpha value is -0.820. The van der Waals surface area contributed by atoms with Gasteiger partial charge in [0.2, 0.25) is 5.91 Å². The minimum absolute atomic E-state index is 0.00836. The minimum Gasteiger partial charge on any atom is -0.379 e. The maximum Gasteiger partial charge on any atom is 0.415 e. The van der Waals surface area contributed by atoms with Crippen LogP contribution in [0.4, 0.5) is 13.2 Å². The molecule has 0 aromatic rings. The van der Waals surface area contributed by atoms with Gasteiger partial charge in [0.1, 0.15) is 0 Å². The molecule has 0 heterocycles. The van der Waals surface area contributed by atoms with E-state index in [4.69, 9.17) is 10.5 Å². The normalized spacial score (nSPS) is 15.8. The molecule has 0 saturated carbocycles. The van der Waals surface area contributed by atoms with Gasteiger partial charge in [0.15, 0.2) is 5.54 Å². The number of carbonyl (C=O) groups is 1. The monoisotopic (exact) mass is 256 g/mol. The van der Waals surface area contributed by atoms with E-state index < -0.39 is 17.6 Å². The molecule has 0 radical (unpaired) electrons. The van der Waals surface area contributed by atoms with Gasteiger partial charge in [-0.05, 0) is 12.8 Å². The highest BCUT2D eigenvalue weighted by molar-refractivity contribution is 5.86. The second-order valence-corrected chi connectivity index (χ2v) is 4.42. The summed E-state index contributed by atoms with van der Waals surface area (Å²) in [7, 11) is 0. The molecule has 0 aromatic carbocycles. The molecule has 0 rings (SSSR count). The molecule has 0 aliphatic rings. The highest BCUT2D eigenvalue weighted by Crippen LogP contribution is 2.27. The van der Waals surface area contributed by atoms with E-state index in [1.165, 1.54) is 0 Å². The van der Waals surface area contributed by atoms with Crippen molar-refractivity contribution < 1.29 is 22.7 Å². The van der Waals surface area contributed by atoms with Gasteiger partial charge in [0.25, 0.3) is 0 Å². The van der Waals surface area contributed by atoms with Crippen molar-refractivity contribution in [3.8, 4) is 0 Å². The van der Waals surface area contributed by atoms with E-state index in [0.29, 0.717) is 19.4 Å². The zero-order valence-electron chi connectivity index (χ0n) is 10.2. The Bertz CT molecular complexity index is 252. The number of nitrogens with two attached hydrogens (primary N) is 1. The van der Waals surface area contributed by atoms with E-state index in [0.717, 1.165) is 0 Å². The predicted molar refractivity (Wildman–Crippen MR) is 57.3 cm³/mol. The van der Waals surface area contributed by atoms with E-state index in [9.17, 15) is 18.0 Å². The summed E-state index contributed by atoms with van der Waals surface area (Å²) < 4.78 is 42.2. The van der Waals surface area contributed by atoms with Crippen molar-refractivity contribution in [3.05, 3.63) is 0 Å². The van der Waals surface area contributed by atoms with Crippen LogP contribution in [0.5, 0.6) is 0 Å².